The monoisotopic (exact) mass is 264 g/mol. The maximum absolute atomic E-state index is 11.5. The molecule has 1 unspecified atom stereocenters. The smallest absolute Gasteiger partial charge is 0.305 e. The molecule has 0 aliphatic rings. The van der Waals surface area contributed by atoms with Crippen molar-refractivity contribution in [3.63, 3.8) is 0 Å². The van der Waals surface area contributed by atoms with Crippen LogP contribution in [0.5, 0.6) is 0 Å². The first-order chi connectivity index (χ1) is 9.02. The summed E-state index contributed by atoms with van der Waals surface area (Å²) in [7, 11) is 0. The lowest BCUT2D eigenvalue weighted by Gasteiger charge is -2.10. The van der Waals surface area contributed by atoms with Gasteiger partial charge in [0.1, 0.15) is 0 Å². The van der Waals surface area contributed by atoms with E-state index in [4.69, 9.17) is 10.8 Å². The number of carboxylic acid groups (broad SMARTS) is 1. The van der Waals surface area contributed by atoms with Crippen molar-refractivity contribution in [1.82, 2.24) is 5.32 Å². The Hall–Kier alpha value is -1.88. The second-order valence-corrected chi connectivity index (χ2v) is 4.42. The molecule has 0 saturated heterocycles. The van der Waals surface area contributed by atoms with E-state index in [-0.39, 0.29) is 6.42 Å². The van der Waals surface area contributed by atoms with Crippen molar-refractivity contribution >= 4 is 11.9 Å². The Bertz CT molecular complexity index is 429. The van der Waals surface area contributed by atoms with Crippen molar-refractivity contribution in [2.24, 2.45) is 5.73 Å². The third-order valence-electron chi connectivity index (χ3n) is 2.88. The fourth-order valence-corrected chi connectivity index (χ4v) is 1.68. The third kappa shape index (κ3) is 5.52. The zero-order valence-electron chi connectivity index (χ0n) is 11.1. The predicted octanol–water partition coefficient (Wildman–Crippen LogP) is 0.710. The van der Waals surface area contributed by atoms with Crippen molar-refractivity contribution in [3.05, 3.63) is 35.4 Å². The summed E-state index contributed by atoms with van der Waals surface area (Å²) >= 11 is 0. The van der Waals surface area contributed by atoms with Crippen LogP contribution in [0.2, 0.25) is 0 Å². The quantitative estimate of drug-likeness (QED) is 0.676. The Morgan fingerprint density at radius 1 is 1.26 bits per heavy atom. The van der Waals surface area contributed by atoms with Gasteiger partial charge < -0.3 is 16.2 Å². The van der Waals surface area contributed by atoms with Crippen molar-refractivity contribution in [3.8, 4) is 0 Å². The number of benzene rings is 1. The highest BCUT2D eigenvalue weighted by molar-refractivity contribution is 5.85. The minimum Gasteiger partial charge on any atom is -0.481 e. The summed E-state index contributed by atoms with van der Waals surface area (Å²) in [6.07, 6.45) is 1.35. The van der Waals surface area contributed by atoms with Crippen LogP contribution < -0.4 is 11.1 Å². The van der Waals surface area contributed by atoms with Crippen molar-refractivity contribution < 1.29 is 14.7 Å². The molecule has 1 aromatic rings. The second kappa shape index (κ2) is 7.53. The van der Waals surface area contributed by atoms with E-state index in [0.717, 1.165) is 12.0 Å². The fourth-order valence-electron chi connectivity index (χ4n) is 1.68. The number of aryl methyl sites for hydroxylation is 1. The number of carbonyl (C=O) groups is 2. The molecule has 0 bridgehead atoms. The molecular formula is C14H20N2O3. The van der Waals surface area contributed by atoms with E-state index in [0.29, 0.717) is 13.0 Å². The van der Waals surface area contributed by atoms with Crippen LogP contribution in [-0.2, 0) is 22.4 Å². The summed E-state index contributed by atoms with van der Waals surface area (Å²) in [5, 5.41) is 11.2. The highest BCUT2D eigenvalue weighted by Gasteiger charge is 2.16. The van der Waals surface area contributed by atoms with Crippen LogP contribution in [0, 0.1) is 0 Å². The van der Waals surface area contributed by atoms with Gasteiger partial charge in [-0.1, -0.05) is 31.2 Å². The molecule has 5 nitrogen and oxygen atoms in total. The number of carbonyl (C=O) groups excluding carboxylic acids is 1. The van der Waals surface area contributed by atoms with Gasteiger partial charge >= 0.3 is 5.97 Å². The van der Waals surface area contributed by atoms with Gasteiger partial charge in [-0.3, -0.25) is 9.59 Å². The number of rotatable bonds is 7. The number of nitrogens with two attached hydrogens (primary N) is 1. The van der Waals surface area contributed by atoms with E-state index < -0.39 is 17.9 Å². The van der Waals surface area contributed by atoms with Crippen LogP contribution in [0.1, 0.15) is 24.5 Å². The number of hydrogen-bond acceptors (Lipinski definition) is 3. The molecule has 0 aliphatic heterocycles. The molecule has 5 heteroatoms. The Morgan fingerprint density at radius 2 is 1.84 bits per heavy atom. The highest BCUT2D eigenvalue weighted by atomic mass is 16.4. The summed E-state index contributed by atoms with van der Waals surface area (Å²) < 4.78 is 0. The number of amides is 1. The summed E-state index contributed by atoms with van der Waals surface area (Å²) in [4.78, 5) is 21.9. The predicted molar refractivity (Wildman–Crippen MR) is 72.8 cm³/mol. The first-order valence-corrected chi connectivity index (χ1v) is 6.35. The van der Waals surface area contributed by atoms with Crippen LogP contribution in [0.4, 0.5) is 0 Å². The average Bonchev–Trinajstić information content (AvgIpc) is 2.38. The standard InChI is InChI=1S/C14H20N2O3/c1-2-10-3-5-11(6-4-10)7-8-16-14(19)12(15)9-13(17)18/h3-6,12H,2,7-9,15H2,1H3,(H,16,19)(H,17,18). The lowest BCUT2D eigenvalue weighted by atomic mass is 10.1. The molecular weight excluding hydrogens is 244 g/mol. The van der Waals surface area contributed by atoms with Gasteiger partial charge in [-0.25, -0.2) is 0 Å². The van der Waals surface area contributed by atoms with Gasteiger partial charge in [0, 0.05) is 6.54 Å². The van der Waals surface area contributed by atoms with Crippen LogP contribution in [0.25, 0.3) is 0 Å². The Kier molecular flexibility index (Phi) is 6.02. The molecule has 0 radical (unpaired) electrons. The molecule has 0 fully saturated rings. The summed E-state index contributed by atoms with van der Waals surface area (Å²) in [5.74, 6) is -1.50. The highest BCUT2D eigenvalue weighted by Crippen LogP contribution is 2.05. The summed E-state index contributed by atoms with van der Waals surface area (Å²) in [6, 6.07) is 7.20. The Morgan fingerprint density at radius 3 is 2.37 bits per heavy atom. The molecule has 1 atom stereocenters. The zero-order valence-corrected chi connectivity index (χ0v) is 11.1. The van der Waals surface area contributed by atoms with Crippen LogP contribution in [0.3, 0.4) is 0 Å². The maximum Gasteiger partial charge on any atom is 0.305 e. The lowest BCUT2D eigenvalue weighted by Crippen LogP contribution is -2.42. The molecule has 0 saturated carbocycles. The summed E-state index contributed by atoms with van der Waals surface area (Å²) in [6.45, 7) is 2.55. The number of aliphatic carboxylic acids is 1. The van der Waals surface area contributed by atoms with E-state index >= 15 is 0 Å². The van der Waals surface area contributed by atoms with E-state index in [1.165, 1.54) is 5.56 Å². The largest absolute Gasteiger partial charge is 0.481 e. The van der Waals surface area contributed by atoms with Crippen LogP contribution >= 0.6 is 0 Å². The molecule has 1 aromatic carbocycles. The molecule has 4 N–H and O–H groups in total. The van der Waals surface area contributed by atoms with Gasteiger partial charge in [-0.05, 0) is 24.0 Å². The molecule has 1 rings (SSSR count). The molecule has 0 aromatic heterocycles. The van der Waals surface area contributed by atoms with Crippen LogP contribution in [-0.4, -0.2) is 29.6 Å². The van der Waals surface area contributed by atoms with Gasteiger partial charge in [0.2, 0.25) is 5.91 Å². The van der Waals surface area contributed by atoms with E-state index in [2.05, 4.69) is 24.4 Å². The summed E-state index contributed by atoms with van der Waals surface area (Å²) in [5.41, 5.74) is 7.85. The molecule has 0 heterocycles. The minimum atomic E-state index is -1.07. The second-order valence-electron chi connectivity index (χ2n) is 4.42. The zero-order chi connectivity index (χ0) is 14.3. The molecule has 0 aliphatic carbocycles. The first kappa shape index (κ1) is 15.2. The Balaban J connectivity index is 2.32. The number of carboxylic acids is 1. The first-order valence-electron chi connectivity index (χ1n) is 6.35. The molecule has 19 heavy (non-hydrogen) atoms. The van der Waals surface area contributed by atoms with Crippen molar-refractivity contribution in [2.45, 2.75) is 32.2 Å². The number of nitrogens with one attached hydrogen (secondary N) is 1. The van der Waals surface area contributed by atoms with E-state index in [1.54, 1.807) is 0 Å². The van der Waals surface area contributed by atoms with Gasteiger partial charge in [0.15, 0.2) is 0 Å². The molecule has 104 valence electrons. The normalized spacial score (nSPS) is 11.9. The van der Waals surface area contributed by atoms with E-state index in [9.17, 15) is 9.59 Å². The van der Waals surface area contributed by atoms with Gasteiger partial charge in [-0.15, -0.1) is 0 Å². The number of hydrogen-bond donors (Lipinski definition) is 3. The van der Waals surface area contributed by atoms with Crippen molar-refractivity contribution in [1.29, 1.82) is 0 Å². The third-order valence-corrected chi connectivity index (χ3v) is 2.88. The Labute approximate surface area is 112 Å². The maximum atomic E-state index is 11.5. The lowest BCUT2D eigenvalue weighted by molar-refractivity contribution is -0.139. The van der Waals surface area contributed by atoms with E-state index in [1.807, 2.05) is 12.1 Å². The topological polar surface area (TPSA) is 92.4 Å². The fraction of sp³-hybridized carbons (Fsp3) is 0.429. The molecule has 0 spiro atoms. The van der Waals surface area contributed by atoms with Gasteiger partial charge in [0.25, 0.3) is 0 Å². The van der Waals surface area contributed by atoms with Crippen LogP contribution in [0.15, 0.2) is 24.3 Å². The van der Waals surface area contributed by atoms with Gasteiger partial charge in [0.05, 0.1) is 12.5 Å². The van der Waals surface area contributed by atoms with Gasteiger partial charge in [-0.2, -0.15) is 0 Å². The van der Waals surface area contributed by atoms with Crippen molar-refractivity contribution in [2.75, 3.05) is 6.54 Å². The SMILES string of the molecule is CCc1ccc(CCNC(=O)C(N)CC(=O)O)cc1. The average molecular weight is 264 g/mol. The molecule has 1 amide bonds. The minimum absolute atomic E-state index is 0.350.